The number of nitrogens with zero attached hydrogens (tertiary/aromatic N) is 2. The van der Waals surface area contributed by atoms with Crippen molar-refractivity contribution >= 4 is 47.2 Å². The fourth-order valence-electron chi connectivity index (χ4n) is 3.02. The SMILES string of the molecule is CN=C(NCC1(C)COC1)NC1CCN(c2cccc(Cl)c2)C1.I. The van der Waals surface area contributed by atoms with Gasteiger partial charge in [-0.3, -0.25) is 4.99 Å². The molecule has 24 heavy (non-hydrogen) atoms. The first-order valence-corrected chi connectivity index (χ1v) is 8.51. The summed E-state index contributed by atoms with van der Waals surface area (Å²) in [6.07, 6.45) is 1.09. The van der Waals surface area contributed by atoms with Gasteiger partial charge in [0.15, 0.2) is 5.96 Å². The van der Waals surface area contributed by atoms with Crippen LogP contribution >= 0.6 is 35.6 Å². The predicted octanol–water partition coefficient (Wildman–Crippen LogP) is 2.74. The molecule has 1 unspecified atom stereocenters. The van der Waals surface area contributed by atoms with Crippen LogP contribution in [-0.4, -0.2) is 51.9 Å². The molecule has 0 radical (unpaired) electrons. The minimum atomic E-state index is 0. The van der Waals surface area contributed by atoms with Crippen LogP contribution in [0.15, 0.2) is 29.3 Å². The maximum absolute atomic E-state index is 6.09. The van der Waals surface area contributed by atoms with E-state index in [1.165, 1.54) is 5.69 Å². The van der Waals surface area contributed by atoms with Gasteiger partial charge in [-0.05, 0) is 24.6 Å². The van der Waals surface area contributed by atoms with E-state index >= 15 is 0 Å². The lowest BCUT2D eigenvalue weighted by Crippen LogP contribution is -2.52. The first-order chi connectivity index (χ1) is 11.1. The summed E-state index contributed by atoms with van der Waals surface area (Å²) in [6.45, 7) is 6.75. The van der Waals surface area contributed by atoms with Crippen molar-refractivity contribution in [3.63, 3.8) is 0 Å². The van der Waals surface area contributed by atoms with E-state index in [1.807, 2.05) is 25.2 Å². The number of rotatable bonds is 4. The summed E-state index contributed by atoms with van der Waals surface area (Å²) in [4.78, 5) is 6.70. The third kappa shape index (κ3) is 4.89. The van der Waals surface area contributed by atoms with Crippen molar-refractivity contribution in [1.29, 1.82) is 0 Å². The Kier molecular flexibility index (Phi) is 7.00. The normalized spacial score (nSPS) is 22.5. The van der Waals surface area contributed by atoms with Crippen LogP contribution in [0.25, 0.3) is 0 Å². The summed E-state index contributed by atoms with van der Waals surface area (Å²) in [5.74, 6) is 0.871. The van der Waals surface area contributed by atoms with Crippen molar-refractivity contribution in [3.05, 3.63) is 29.3 Å². The van der Waals surface area contributed by atoms with Gasteiger partial charge in [0.2, 0.25) is 0 Å². The van der Waals surface area contributed by atoms with Gasteiger partial charge in [-0.25, -0.2) is 0 Å². The van der Waals surface area contributed by atoms with Crippen LogP contribution in [0.5, 0.6) is 0 Å². The number of benzene rings is 1. The Bertz CT molecular complexity index is 579. The number of nitrogens with one attached hydrogen (secondary N) is 2. The summed E-state index contributed by atoms with van der Waals surface area (Å²) in [7, 11) is 1.82. The topological polar surface area (TPSA) is 48.9 Å². The van der Waals surface area contributed by atoms with Crippen LogP contribution in [0.4, 0.5) is 5.69 Å². The lowest BCUT2D eigenvalue weighted by atomic mass is 9.89. The summed E-state index contributed by atoms with van der Waals surface area (Å²) >= 11 is 6.09. The van der Waals surface area contributed by atoms with Gasteiger partial charge in [-0.2, -0.15) is 0 Å². The lowest BCUT2D eigenvalue weighted by Gasteiger charge is -2.38. The van der Waals surface area contributed by atoms with Crippen molar-refractivity contribution in [3.8, 4) is 0 Å². The number of halogens is 2. The van der Waals surface area contributed by atoms with E-state index < -0.39 is 0 Å². The highest BCUT2D eigenvalue weighted by Crippen LogP contribution is 2.25. The number of guanidine groups is 1. The quantitative estimate of drug-likeness (QED) is 0.409. The largest absolute Gasteiger partial charge is 0.380 e. The minimum absolute atomic E-state index is 0. The minimum Gasteiger partial charge on any atom is -0.380 e. The molecule has 0 aromatic heterocycles. The van der Waals surface area contributed by atoms with Crippen LogP contribution in [0, 0.1) is 5.41 Å². The summed E-state index contributed by atoms with van der Waals surface area (Å²) in [5, 5.41) is 7.73. The average molecular weight is 465 g/mol. The first-order valence-electron chi connectivity index (χ1n) is 8.13. The molecular weight excluding hydrogens is 439 g/mol. The zero-order valence-electron chi connectivity index (χ0n) is 14.2. The van der Waals surface area contributed by atoms with Gasteiger partial charge < -0.3 is 20.3 Å². The average Bonchev–Trinajstić information content (AvgIpc) is 2.98. The molecule has 1 aromatic rings. The molecule has 0 aliphatic carbocycles. The predicted molar refractivity (Wildman–Crippen MR) is 111 cm³/mol. The third-order valence-electron chi connectivity index (χ3n) is 4.51. The highest BCUT2D eigenvalue weighted by atomic mass is 127. The molecule has 2 fully saturated rings. The maximum atomic E-state index is 6.09. The van der Waals surface area contributed by atoms with Crippen LogP contribution < -0.4 is 15.5 Å². The van der Waals surface area contributed by atoms with Gasteiger partial charge in [-0.1, -0.05) is 24.6 Å². The Hall–Kier alpha value is -0.730. The van der Waals surface area contributed by atoms with E-state index in [4.69, 9.17) is 16.3 Å². The fourth-order valence-corrected chi connectivity index (χ4v) is 3.21. The number of hydrogen-bond donors (Lipinski definition) is 2. The zero-order valence-corrected chi connectivity index (χ0v) is 17.3. The molecule has 0 saturated carbocycles. The van der Waals surface area contributed by atoms with Crippen molar-refractivity contribution in [1.82, 2.24) is 10.6 Å². The second kappa shape index (κ2) is 8.58. The van der Waals surface area contributed by atoms with Crippen molar-refractivity contribution in [2.75, 3.05) is 44.8 Å². The second-order valence-corrected chi connectivity index (χ2v) is 7.22. The summed E-state index contributed by atoms with van der Waals surface area (Å²) in [5.41, 5.74) is 1.42. The Morgan fingerprint density at radius 1 is 1.46 bits per heavy atom. The molecule has 2 saturated heterocycles. The van der Waals surface area contributed by atoms with Gasteiger partial charge in [0.1, 0.15) is 0 Å². The molecular formula is C17H26ClIN4O. The number of anilines is 1. The Morgan fingerprint density at radius 3 is 2.88 bits per heavy atom. The van der Waals surface area contributed by atoms with E-state index in [0.29, 0.717) is 6.04 Å². The molecule has 1 aromatic carbocycles. The highest BCUT2D eigenvalue weighted by Gasteiger charge is 2.33. The van der Waals surface area contributed by atoms with Gasteiger partial charge in [0.05, 0.1) is 13.2 Å². The standard InChI is InChI=1S/C17H25ClN4O.HI/c1-17(11-23-12-17)10-20-16(19-2)21-14-6-7-22(9-14)15-5-3-4-13(18)8-15;/h3-5,8,14H,6-7,9-12H2,1-2H3,(H2,19,20,21);1H. The molecule has 0 amide bonds. The number of hydrogen-bond acceptors (Lipinski definition) is 3. The van der Waals surface area contributed by atoms with Crippen molar-refractivity contribution in [2.24, 2.45) is 10.4 Å². The van der Waals surface area contributed by atoms with E-state index in [2.05, 4.69) is 33.5 Å². The third-order valence-corrected chi connectivity index (χ3v) is 4.74. The van der Waals surface area contributed by atoms with Crippen LogP contribution in [0.3, 0.4) is 0 Å². The Morgan fingerprint density at radius 2 is 2.25 bits per heavy atom. The molecule has 0 bridgehead atoms. The zero-order chi connectivity index (χ0) is 16.3. The highest BCUT2D eigenvalue weighted by molar-refractivity contribution is 14.0. The van der Waals surface area contributed by atoms with Crippen LogP contribution in [-0.2, 0) is 4.74 Å². The number of aliphatic imine (C=N–C) groups is 1. The van der Waals surface area contributed by atoms with E-state index in [0.717, 1.165) is 50.3 Å². The van der Waals surface area contributed by atoms with E-state index in [1.54, 1.807) is 0 Å². The van der Waals surface area contributed by atoms with Gasteiger partial charge in [0, 0.05) is 48.8 Å². The van der Waals surface area contributed by atoms with E-state index in [-0.39, 0.29) is 29.4 Å². The molecule has 0 spiro atoms. The molecule has 2 heterocycles. The molecule has 2 aliphatic rings. The molecule has 5 nitrogen and oxygen atoms in total. The maximum Gasteiger partial charge on any atom is 0.191 e. The van der Waals surface area contributed by atoms with Crippen molar-refractivity contribution in [2.45, 2.75) is 19.4 Å². The smallest absolute Gasteiger partial charge is 0.191 e. The number of ether oxygens (including phenoxy) is 1. The molecule has 2 N–H and O–H groups in total. The Labute approximate surface area is 166 Å². The molecule has 1 atom stereocenters. The summed E-state index contributed by atoms with van der Waals surface area (Å²) < 4.78 is 5.29. The fraction of sp³-hybridized carbons (Fsp3) is 0.588. The van der Waals surface area contributed by atoms with Gasteiger partial charge in [0.25, 0.3) is 0 Å². The van der Waals surface area contributed by atoms with Gasteiger partial charge >= 0.3 is 0 Å². The van der Waals surface area contributed by atoms with Crippen LogP contribution in [0.1, 0.15) is 13.3 Å². The monoisotopic (exact) mass is 464 g/mol. The molecule has 3 rings (SSSR count). The Balaban J connectivity index is 0.00000208. The molecule has 2 aliphatic heterocycles. The van der Waals surface area contributed by atoms with Crippen LogP contribution in [0.2, 0.25) is 5.02 Å². The van der Waals surface area contributed by atoms with Crippen molar-refractivity contribution < 1.29 is 4.74 Å². The summed E-state index contributed by atoms with van der Waals surface area (Å²) in [6, 6.07) is 8.44. The lowest BCUT2D eigenvalue weighted by molar-refractivity contribution is -0.0971. The molecule has 134 valence electrons. The first kappa shape index (κ1) is 19.6. The molecule has 7 heteroatoms. The van der Waals surface area contributed by atoms with Gasteiger partial charge in [-0.15, -0.1) is 24.0 Å². The van der Waals surface area contributed by atoms with E-state index in [9.17, 15) is 0 Å². The second-order valence-electron chi connectivity index (χ2n) is 6.79.